The smallest absolute Gasteiger partial charge is 0.269 e. The number of hydrogen-bond donors (Lipinski definition) is 2. The summed E-state index contributed by atoms with van der Waals surface area (Å²) in [5, 5.41) is 16.9. The molecule has 10 heteroatoms. The van der Waals surface area contributed by atoms with E-state index in [0.29, 0.717) is 22.9 Å². The zero-order valence-electron chi connectivity index (χ0n) is 17.0. The normalized spacial score (nSPS) is 12.1. The summed E-state index contributed by atoms with van der Waals surface area (Å²) >= 11 is 1.42. The second kappa shape index (κ2) is 9.56. The highest BCUT2D eigenvalue weighted by atomic mass is 32.1. The molecule has 1 aliphatic rings. The Labute approximate surface area is 187 Å². The van der Waals surface area contributed by atoms with Gasteiger partial charge in [0.15, 0.2) is 6.61 Å². The Hall–Kier alpha value is -3.79. The number of carbonyl (C=O) groups is 2. The Morgan fingerprint density at radius 3 is 2.72 bits per heavy atom. The maximum absolute atomic E-state index is 12.9. The molecule has 0 saturated heterocycles. The second-order valence-corrected chi connectivity index (χ2v) is 8.30. The first-order valence-corrected chi connectivity index (χ1v) is 10.8. The fourth-order valence-corrected chi connectivity index (χ4v) is 4.78. The van der Waals surface area contributed by atoms with Crippen LogP contribution < -0.4 is 15.4 Å². The van der Waals surface area contributed by atoms with Gasteiger partial charge in [-0.25, -0.2) is 0 Å². The number of amides is 2. The van der Waals surface area contributed by atoms with Crippen molar-refractivity contribution in [3.63, 3.8) is 0 Å². The predicted molar refractivity (Wildman–Crippen MR) is 119 cm³/mol. The molecule has 2 amide bonds. The van der Waals surface area contributed by atoms with E-state index in [0.717, 1.165) is 35.3 Å². The molecule has 0 fully saturated rings. The fraction of sp³-hybridized carbons (Fsp3) is 0.227. The number of nitro groups is 1. The van der Waals surface area contributed by atoms with Gasteiger partial charge in [0.2, 0.25) is 0 Å². The average molecular weight is 452 g/mol. The molecule has 0 bridgehead atoms. The first-order valence-electron chi connectivity index (χ1n) is 10.00. The number of rotatable bonds is 8. The van der Waals surface area contributed by atoms with Crippen LogP contribution in [0.25, 0.3) is 0 Å². The van der Waals surface area contributed by atoms with E-state index in [9.17, 15) is 19.7 Å². The molecule has 3 aromatic rings. The first-order chi connectivity index (χ1) is 15.5. The first kappa shape index (κ1) is 21.4. The molecule has 2 heterocycles. The number of anilines is 1. The summed E-state index contributed by atoms with van der Waals surface area (Å²) in [6, 6.07) is 9.16. The molecule has 164 valence electrons. The second-order valence-electron chi connectivity index (χ2n) is 7.19. The Balaban J connectivity index is 1.41. The Bertz CT molecular complexity index is 1150. The van der Waals surface area contributed by atoms with Crippen LogP contribution >= 0.6 is 11.3 Å². The van der Waals surface area contributed by atoms with Crippen LogP contribution in [-0.2, 0) is 24.2 Å². The van der Waals surface area contributed by atoms with Gasteiger partial charge in [-0.3, -0.25) is 24.7 Å². The van der Waals surface area contributed by atoms with E-state index in [4.69, 9.17) is 4.74 Å². The van der Waals surface area contributed by atoms with Gasteiger partial charge < -0.3 is 15.4 Å². The van der Waals surface area contributed by atoms with Gasteiger partial charge in [-0.05, 0) is 48.6 Å². The van der Waals surface area contributed by atoms with Gasteiger partial charge in [0.1, 0.15) is 10.8 Å². The summed E-state index contributed by atoms with van der Waals surface area (Å²) in [6.07, 6.45) is 6.04. The lowest BCUT2D eigenvalue weighted by Crippen LogP contribution is -2.26. The highest BCUT2D eigenvalue weighted by Gasteiger charge is 2.27. The number of nitrogens with zero attached hydrogens (tertiary/aromatic N) is 2. The quantitative estimate of drug-likeness (QED) is 0.398. The van der Waals surface area contributed by atoms with Crippen molar-refractivity contribution in [2.45, 2.75) is 25.8 Å². The summed E-state index contributed by atoms with van der Waals surface area (Å²) in [7, 11) is 0. The number of thiophene rings is 1. The van der Waals surface area contributed by atoms with Crippen LogP contribution in [0.1, 0.15) is 32.8 Å². The molecule has 0 spiro atoms. The number of aromatic nitrogens is 1. The van der Waals surface area contributed by atoms with Crippen LogP contribution in [-0.4, -0.2) is 28.3 Å². The lowest BCUT2D eigenvalue weighted by molar-refractivity contribution is -0.384. The maximum atomic E-state index is 12.9. The van der Waals surface area contributed by atoms with E-state index in [1.165, 1.54) is 35.6 Å². The molecule has 0 radical (unpaired) electrons. The topological polar surface area (TPSA) is 123 Å². The number of non-ortho nitro benzene ring substituents is 1. The largest absolute Gasteiger partial charge is 0.484 e. The standard InChI is InChI=1S/C22H20N4O5S/c27-19(13-31-16-8-6-15(7-9-16)26(29)30)25-22-20(17-4-1-5-18(17)32-22)21(28)24-12-14-3-2-10-23-11-14/h2-3,6-11H,1,4-5,12-13H2,(H,24,28)(H,25,27). The fourth-order valence-electron chi connectivity index (χ4n) is 3.48. The molecule has 0 unspecified atom stereocenters. The number of nitro benzene ring substituents is 1. The van der Waals surface area contributed by atoms with E-state index >= 15 is 0 Å². The predicted octanol–water partition coefficient (Wildman–Crippen LogP) is 3.49. The minimum absolute atomic E-state index is 0.0585. The zero-order valence-corrected chi connectivity index (χ0v) is 17.8. The lowest BCUT2D eigenvalue weighted by atomic mass is 10.1. The third-order valence-corrected chi connectivity index (χ3v) is 6.20. The van der Waals surface area contributed by atoms with Crippen LogP contribution in [0, 0.1) is 10.1 Å². The summed E-state index contributed by atoms with van der Waals surface area (Å²) in [5.41, 5.74) is 2.33. The van der Waals surface area contributed by atoms with E-state index in [1.54, 1.807) is 18.5 Å². The molecular weight excluding hydrogens is 432 g/mol. The third-order valence-electron chi connectivity index (χ3n) is 4.99. The Kier molecular flexibility index (Phi) is 6.41. The van der Waals surface area contributed by atoms with Crippen molar-refractivity contribution in [3.05, 3.63) is 80.5 Å². The molecule has 0 saturated carbocycles. The number of benzene rings is 1. The molecule has 1 aromatic carbocycles. The van der Waals surface area contributed by atoms with E-state index in [2.05, 4.69) is 15.6 Å². The SMILES string of the molecule is O=C(COc1ccc([N+](=O)[O-])cc1)Nc1sc2c(c1C(=O)NCc1cccnc1)CCC2. The molecular formula is C22H20N4O5S. The van der Waals surface area contributed by atoms with E-state index < -0.39 is 10.8 Å². The minimum atomic E-state index is -0.507. The highest BCUT2D eigenvalue weighted by molar-refractivity contribution is 7.17. The van der Waals surface area contributed by atoms with Crippen molar-refractivity contribution in [3.8, 4) is 5.75 Å². The molecule has 2 aromatic heterocycles. The van der Waals surface area contributed by atoms with Crippen molar-refractivity contribution in [1.82, 2.24) is 10.3 Å². The lowest BCUT2D eigenvalue weighted by Gasteiger charge is -2.10. The van der Waals surface area contributed by atoms with Crippen LogP contribution in [0.5, 0.6) is 5.75 Å². The maximum Gasteiger partial charge on any atom is 0.269 e. The molecule has 9 nitrogen and oxygen atoms in total. The van der Waals surface area contributed by atoms with Gasteiger partial charge in [-0.2, -0.15) is 0 Å². The molecule has 2 N–H and O–H groups in total. The summed E-state index contributed by atoms with van der Waals surface area (Å²) in [5.74, 6) is -0.307. The van der Waals surface area contributed by atoms with Crippen LogP contribution in [0.15, 0.2) is 48.8 Å². The summed E-state index contributed by atoms with van der Waals surface area (Å²) in [6.45, 7) is 0.0606. The summed E-state index contributed by atoms with van der Waals surface area (Å²) in [4.78, 5) is 40.8. The number of pyridine rings is 1. The van der Waals surface area contributed by atoms with Crippen molar-refractivity contribution in [1.29, 1.82) is 0 Å². The van der Waals surface area contributed by atoms with Crippen LogP contribution in [0.3, 0.4) is 0 Å². The number of carbonyl (C=O) groups excluding carboxylic acids is 2. The number of nitrogens with one attached hydrogen (secondary N) is 2. The zero-order chi connectivity index (χ0) is 22.5. The molecule has 1 aliphatic carbocycles. The van der Waals surface area contributed by atoms with Crippen molar-refractivity contribution < 1.29 is 19.2 Å². The van der Waals surface area contributed by atoms with Gasteiger partial charge in [0.05, 0.1) is 10.5 Å². The van der Waals surface area contributed by atoms with Crippen molar-refractivity contribution >= 4 is 33.8 Å². The van der Waals surface area contributed by atoms with Gasteiger partial charge in [0, 0.05) is 35.9 Å². The Morgan fingerprint density at radius 2 is 2.00 bits per heavy atom. The van der Waals surface area contributed by atoms with Gasteiger partial charge in [-0.1, -0.05) is 6.07 Å². The van der Waals surface area contributed by atoms with Gasteiger partial charge in [-0.15, -0.1) is 11.3 Å². The number of aryl methyl sites for hydroxylation is 1. The van der Waals surface area contributed by atoms with E-state index in [1.807, 2.05) is 6.07 Å². The van der Waals surface area contributed by atoms with Crippen LogP contribution in [0.2, 0.25) is 0 Å². The van der Waals surface area contributed by atoms with Crippen molar-refractivity contribution in [2.24, 2.45) is 0 Å². The molecule has 32 heavy (non-hydrogen) atoms. The average Bonchev–Trinajstić information content (AvgIpc) is 3.38. The van der Waals surface area contributed by atoms with E-state index in [-0.39, 0.29) is 18.2 Å². The number of ether oxygens (including phenoxy) is 1. The third kappa shape index (κ3) is 4.92. The molecule has 0 atom stereocenters. The monoisotopic (exact) mass is 452 g/mol. The number of fused-ring (bicyclic) bond motifs is 1. The highest BCUT2D eigenvalue weighted by Crippen LogP contribution is 2.39. The van der Waals surface area contributed by atoms with Gasteiger partial charge in [0.25, 0.3) is 17.5 Å². The Morgan fingerprint density at radius 1 is 1.19 bits per heavy atom. The molecule has 4 rings (SSSR count). The summed E-state index contributed by atoms with van der Waals surface area (Å²) < 4.78 is 5.42. The molecule has 0 aliphatic heterocycles. The minimum Gasteiger partial charge on any atom is -0.484 e. The number of hydrogen-bond acceptors (Lipinski definition) is 7. The van der Waals surface area contributed by atoms with Crippen LogP contribution in [0.4, 0.5) is 10.7 Å². The van der Waals surface area contributed by atoms with Crippen molar-refractivity contribution in [2.75, 3.05) is 11.9 Å². The van der Waals surface area contributed by atoms with Gasteiger partial charge >= 0.3 is 0 Å².